The minimum atomic E-state index is -4.84. The maximum atomic E-state index is 13.1. The first-order chi connectivity index (χ1) is 10.6. The Morgan fingerprint density at radius 1 is 1.22 bits per heavy atom. The molecule has 7 nitrogen and oxygen atoms in total. The molecule has 0 aliphatic rings. The first-order valence-corrected chi connectivity index (χ1v) is 6.01. The molecule has 0 unspecified atom stereocenters. The third-order valence-corrected chi connectivity index (χ3v) is 2.92. The molecule has 0 aliphatic carbocycles. The lowest BCUT2D eigenvalue weighted by atomic mass is 10.0. The summed E-state index contributed by atoms with van der Waals surface area (Å²) in [6, 6.07) is 1.98. The summed E-state index contributed by atoms with van der Waals surface area (Å²) >= 11 is 0. The fourth-order valence-electron chi connectivity index (χ4n) is 2.01. The average molecular weight is 331 g/mol. The van der Waals surface area contributed by atoms with Gasteiger partial charge in [-0.25, -0.2) is 9.37 Å². The van der Waals surface area contributed by atoms with Crippen LogP contribution in [-0.4, -0.2) is 14.9 Å². The summed E-state index contributed by atoms with van der Waals surface area (Å²) in [5, 5.41) is 11.0. The van der Waals surface area contributed by atoms with Gasteiger partial charge < -0.3 is 11.5 Å². The zero-order chi connectivity index (χ0) is 17.4. The zero-order valence-corrected chi connectivity index (χ0v) is 11.3. The van der Waals surface area contributed by atoms with Gasteiger partial charge in [-0.1, -0.05) is 6.07 Å². The normalized spacial score (nSPS) is 11.5. The monoisotopic (exact) mass is 331 g/mol. The van der Waals surface area contributed by atoms with Crippen LogP contribution in [0, 0.1) is 15.9 Å². The summed E-state index contributed by atoms with van der Waals surface area (Å²) < 4.78 is 52.0. The Labute approximate surface area is 126 Å². The molecule has 0 saturated carbocycles. The number of nitrogens with zero attached hydrogens (tertiary/aromatic N) is 3. The molecule has 0 fully saturated rings. The number of nitro groups is 1. The number of alkyl halides is 3. The average Bonchev–Trinajstić information content (AvgIpc) is 2.38. The van der Waals surface area contributed by atoms with Gasteiger partial charge >= 0.3 is 11.9 Å². The number of hydrogen-bond donors (Lipinski definition) is 2. The second kappa shape index (κ2) is 5.66. The van der Waals surface area contributed by atoms with Gasteiger partial charge in [-0.2, -0.15) is 18.2 Å². The number of anilines is 2. The van der Waals surface area contributed by atoms with E-state index in [1.165, 1.54) is 0 Å². The SMILES string of the molecule is Nc1nc(N)c([N+](=O)[O-])c(Cc2ccc(F)cc2C(F)(F)F)n1. The molecule has 0 spiro atoms. The van der Waals surface area contributed by atoms with Gasteiger partial charge in [0.1, 0.15) is 11.5 Å². The topological polar surface area (TPSA) is 121 Å². The highest BCUT2D eigenvalue weighted by Crippen LogP contribution is 2.35. The van der Waals surface area contributed by atoms with Gasteiger partial charge in [-0.3, -0.25) is 10.1 Å². The molecule has 11 heteroatoms. The highest BCUT2D eigenvalue weighted by Gasteiger charge is 2.34. The molecule has 1 heterocycles. The van der Waals surface area contributed by atoms with Gasteiger partial charge in [-0.05, 0) is 17.7 Å². The van der Waals surface area contributed by atoms with E-state index >= 15 is 0 Å². The van der Waals surface area contributed by atoms with Crippen molar-refractivity contribution < 1.29 is 22.5 Å². The van der Waals surface area contributed by atoms with Crippen LogP contribution in [0.5, 0.6) is 0 Å². The van der Waals surface area contributed by atoms with Crippen molar-refractivity contribution in [2.75, 3.05) is 11.5 Å². The van der Waals surface area contributed by atoms with E-state index in [1.807, 2.05) is 0 Å². The van der Waals surface area contributed by atoms with E-state index in [-0.39, 0.29) is 0 Å². The molecule has 23 heavy (non-hydrogen) atoms. The molecule has 122 valence electrons. The maximum Gasteiger partial charge on any atom is 0.416 e. The number of aromatic nitrogens is 2. The molecule has 0 atom stereocenters. The van der Waals surface area contributed by atoms with Crippen molar-refractivity contribution in [3.63, 3.8) is 0 Å². The molecule has 0 saturated heterocycles. The molecule has 0 bridgehead atoms. The standard InChI is InChI=1S/C12H9F4N5O2/c13-6-2-1-5(7(4-6)12(14,15)16)3-8-9(21(22)23)10(17)20-11(18)19-8/h1-2,4H,3H2,(H4,17,18,19,20). The molecule has 2 aromatic rings. The van der Waals surface area contributed by atoms with E-state index in [9.17, 15) is 27.7 Å². The van der Waals surface area contributed by atoms with E-state index in [2.05, 4.69) is 9.97 Å². The Hall–Kier alpha value is -2.98. The van der Waals surface area contributed by atoms with E-state index in [1.54, 1.807) is 0 Å². The summed E-state index contributed by atoms with van der Waals surface area (Å²) in [5.74, 6) is -2.07. The number of rotatable bonds is 3. The number of nitrogens with two attached hydrogens (primary N) is 2. The molecule has 4 N–H and O–H groups in total. The first kappa shape index (κ1) is 16.4. The van der Waals surface area contributed by atoms with Gasteiger partial charge in [0.15, 0.2) is 0 Å². The van der Waals surface area contributed by atoms with Crippen molar-refractivity contribution in [1.29, 1.82) is 0 Å². The Bertz CT molecular complexity index is 779. The Morgan fingerprint density at radius 3 is 2.43 bits per heavy atom. The van der Waals surface area contributed by atoms with Crippen molar-refractivity contribution in [2.45, 2.75) is 12.6 Å². The van der Waals surface area contributed by atoms with E-state index in [4.69, 9.17) is 11.5 Å². The highest BCUT2D eigenvalue weighted by atomic mass is 19.4. The quantitative estimate of drug-likeness (QED) is 0.506. The van der Waals surface area contributed by atoms with Gasteiger partial charge in [0.2, 0.25) is 11.8 Å². The van der Waals surface area contributed by atoms with Crippen LogP contribution in [0.4, 0.5) is 35.0 Å². The van der Waals surface area contributed by atoms with Gasteiger partial charge in [0.05, 0.1) is 10.5 Å². The van der Waals surface area contributed by atoms with Crippen LogP contribution in [0.2, 0.25) is 0 Å². The number of hydrogen-bond acceptors (Lipinski definition) is 6. The van der Waals surface area contributed by atoms with E-state index < -0.39 is 57.6 Å². The molecule has 2 rings (SSSR count). The lowest BCUT2D eigenvalue weighted by molar-refractivity contribution is -0.385. The van der Waals surface area contributed by atoms with Crippen molar-refractivity contribution in [3.8, 4) is 0 Å². The molecule has 0 aliphatic heterocycles. The van der Waals surface area contributed by atoms with Crippen molar-refractivity contribution in [3.05, 3.63) is 51.0 Å². The Kier molecular flexibility index (Phi) is 4.04. The van der Waals surface area contributed by atoms with E-state index in [0.717, 1.165) is 12.1 Å². The summed E-state index contributed by atoms with van der Waals surface area (Å²) in [7, 11) is 0. The third kappa shape index (κ3) is 3.44. The van der Waals surface area contributed by atoms with Crippen LogP contribution in [0.3, 0.4) is 0 Å². The van der Waals surface area contributed by atoms with Crippen LogP contribution >= 0.6 is 0 Å². The second-order valence-corrected chi connectivity index (χ2v) is 4.50. The van der Waals surface area contributed by atoms with Crippen LogP contribution < -0.4 is 11.5 Å². The molecular formula is C12H9F4N5O2. The summed E-state index contributed by atoms with van der Waals surface area (Å²) in [4.78, 5) is 17.1. The van der Waals surface area contributed by atoms with Gasteiger partial charge in [-0.15, -0.1) is 0 Å². The lowest BCUT2D eigenvalue weighted by Crippen LogP contribution is -2.13. The van der Waals surface area contributed by atoms with Crippen molar-refractivity contribution in [2.24, 2.45) is 0 Å². The fourth-order valence-corrected chi connectivity index (χ4v) is 2.01. The third-order valence-electron chi connectivity index (χ3n) is 2.92. The number of halogens is 4. The maximum absolute atomic E-state index is 13.1. The van der Waals surface area contributed by atoms with Gasteiger partial charge in [0.25, 0.3) is 0 Å². The highest BCUT2D eigenvalue weighted by molar-refractivity contribution is 5.58. The molecule has 0 amide bonds. The second-order valence-electron chi connectivity index (χ2n) is 4.50. The number of benzene rings is 1. The molecule has 1 aromatic heterocycles. The largest absolute Gasteiger partial charge is 0.416 e. The minimum absolute atomic E-state index is 0.301. The molecule has 0 radical (unpaired) electrons. The van der Waals surface area contributed by atoms with Crippen molar-refractivity contribution >= 4 is 17.5 Å². The van der Waals surface area contributed by atoms with Crippen LogP contribution in [0.15, 0.2) is 18.2 Å². The zero-order valence-electron chi connectivity index (χ0n) is 11.3. The Balaban J connectivity index is 2.59. The lowest BCUT2D eigenvalue weighted by Gasteiger charge is -2.13. The van der Waals surface area contributed by atoms with Crippen LogP contribution in [-0.2, 0) is 12.6 Å². The molecular weight excluding hydrogens is 322 g/mol. The Morgan fingerprint density at radius 2 is 1.87 bits per heavy atom. The predicted molar refractivity (Wildman–Crippen MR) is 71.7 cm³/mol. The predicted octanol–water partition coefficient (Wildman–Crippen LogP) is 2.30. The summed E-state index contributed by atoms with van der Waals surface area (Å²) in [6.45, 7) is 0. The smallest absolute Gasteiger partial charge is 0.378 e. The summed E-state index contributed by atoms with van der Waals surface area (Å²) in [5.41, 5.74) is 7.90. The van der Waals surface area contributed by atoms with Crippen LogP contribution in [0.25, 0.3) is 0 Å². The summed E-state index contributed by atoms with van der Waals surface area (Å²) in [6.07, 6.45) is -5.45. The van der Waals surface area contributed by atoms with E-state index in [0.29, 0.717) is 6.07 Å². The van der Waals surface area contributed by atoms with Gasteiger partial charge in [0, 0.05) is 6.42 Å². The fraction of sp³-hybridized carbons (Fsp3) is 0.167. The number of nitrogen functional groups attached to an aromatic ring is 2. The van der Waals surface area contributed by atoms with Crippen molar-refractivity contribution in [1.82, 2.24) is 9.97 Å². The van der Waals surface area contributed by atoms with Crippen LogP contribution in [0.1, 0.15) is 16.8 Å². The molecule has 1 aromatic carbocycles. The first-order valence-electron chi connectivity index (χ1n) is 6.01. The minimum Gasteiger partial charge on any atom is -0.378 e.